The minimum atomic E-state index is 0.791. The first kappa shape index (κ1) is 8.10. The Balaban J connectivity index is 2.92. The van der Waals surface area contributed by atoms with E-state index in [1.54, 1.807) is 0 Å². The Bertz CT molecular complexity index is 468. The molecule has 0 saturated heterocycles. The lowest BCUT2D eigenvalue weighted by Gasteiger charge is -2.03. The van der Waals surface area contributed by atoms with Gasteiger partial charge < -0.3 is 10.7 Å². The van der Waals surface area contributed by atoms with Crippen LogP contribution < -0.4 is 5.73 Å². The smallest absolute Gasteiger partial charge is 0.112 e. The summed E-state index contributed by atoms with van der Waals surface area (Å²) >= 11 is 0. The van der Waals surface area contributed by atoms with Crippen LogP contribution in [0.4, 0.5) is 5.69 Å². The molecule has 0 aliphatic rings. The molecule has 0 unspecified atom stereocenters. The largest absolute Gasteiger partial charge is 0.397 e. The summed E-state index contributed by atoms with van der Waals surface area (Å²) in [5.41, 5.74) is 11.0. The molecular weight excluding hydrogens is 162 g/mol. The van der Waals surface area contributed by atoms with Gasteiger partial charge in [-0.05, 0) is 38.0 Å². The number of nitrogens with zero attached hydrogens (tertiary/aromatic N) is 1. The SMILES string of the molecule is Cc1nc2c(N)c(C)c(C)cc2[nH]1. The third-order valence-electron chi connectivity index (χ3n) is 2.46. The average Bonchev–Trinajstić information content (AvgIpc) is 2.42. The van der Waals surface area contributed by atoms with Crippen LogP contribution in [-0.4, -0.2) is 9.97 Å². The summed E-state index contributed by atoms with van der Waals surface area (Å²) in [6.45, 7) is 6.01. The molecule has 0 saturated carbocycles. The Morgan fingerprint density at radius 1 is 1.31 bits per heavy atom. The van der Waals surface area contributed by atoms with E-state index < -0.39 is 0 Å². The van der Waals surface area contributed by atoms with Crippen molar-refractivity contribution in [1.82, 2.24) is 9.97 Å². The molecular formula is C10H13N3. The van der Waals surface area contributed by atoms with Gasteiger partial charge in [0, 0.05) is 0 Å². The number of nitrogen functional groups attached to an aromatic ring is 1. The Morgan fingerprint density at radius 3 is 2.69 bits per heavy atom. The molecule has 0 atom stereocenters. The summed E-state index contributed by atoms with van der Waals surface area (Å²) in [6, 6.07) is 2.08. The molecule has 2 aromatic rings. The van der Waals surface area contributed by atoms with Crippen molar-refractivity contribution in [2.45, 2.75) is 20.8 Å². The molecule has 0 bridgehead atoms. The maximum atomic E-state index is 5.95. The molecule has 3 N–H and O–H groups in total. The van der Waals surface area contributed by atoms with Gasteiger partial charge in [-0.3, -0.25) is 0 Å². The molecule has 1 heterocycles. The van der Waals surface area contributed by atoms with Gasteiger partial charge >= 0.3 is 0 Å². The maximum absolute atomic E-state index is 5.95. The highest BCUT2D eigenvalue weighted by molar-refractivity contribution is 5.89. The molecule has 1 aromatic heterocycles. The minimum Gasteiger partial charge on any atom is -0.397 e. The molecule has 3 nitrogen and oxygen atoms in total. The number of rotatable bonds is 0. The summed E-state index contributed by atoms with van der Waals surface area (Å²) in [7, 11) is 0. The monoisotopic (exact) mass is 175 g/mol. The average molecular weight is 175 g/mol. The fraction of sp³-hybridized carbons (Fsp3) is 0.300. The first-order valence-corrected chi connectivity index (χ1v) is 4.31. The highest BCUT2D eigenvalue weighted by Gasteiger charge is 2.07. The van der Waals surface area contributed by atoms with E-state index in [2.05, 4.69) is 23.0 Å². The molecule has 68 valence electrons. The number of aryl methyl sites for hydroxylation is 2. The van der Waals surface area contributed by atoms with E-state index in [1.165, 1.54) is 5.56 Å². The molecule has 0 aliphatic carbocycles. The summed E-state index contributed by atoms with van der Waals surface area (Å²) in [5.74, 6) is 0.909. The van der Waals surface area contributed by atoms with Crippen molar-refractivity contribution in [2.24, 2.45) is 0 Å². The van der Waals surface area contributed by atoms with Gasteiger partial charge in [-0.2, -0.15) is 0 Å². The van der Waals surface area contributed by atoms with Gasteiger partial charge in [-0.25, -0.2) is 4.98 Å². The van der Waals surface area contributed by atoms with Gasteiger partial charge in [-0.15, -0.1) is 0 Å². The zero-order valence-corrected chi connectivity index (χ0v) is 8.10. The van der Waals surface area contributed by atoms with E-state index in [0.29, 0.717) is 0 Å². The summed E-state index contributed by atoms with van der Waals surface area (Å²) in [4.78, 5) is 7.51. The van der Waals surface area contributed by atoms with Gasteiger partial charge in [0.25, 0.3) is 0 Å². The third kappa shape index (κ3) is 1.08. The van der Waals surface area contributed by atoms with Crippen LogP contribution in [0.3, 0.4) is 0 Å². The van der Waals surface area contributed by atoms with Gasteiger partial charge in [0.15, 0.2) is 0 Å². The molecule has 0 amide bonds. The number of H-pyrrole nitrogens is 1. The number of hydrogen-bond acceptors (Lipinski definition) is 2. The molecule has 3 heteroatoms. The summed E-state index contributed by atoms with van der Waals surface area (Å²) in [5, 5.41) is 0. The Kier molecular flexibility index (Phi) is 1.55. The minimum absolute atomic E-state index is 0.791. The van der Waals surface area contributed by atoms with Crippen molar-refractivity contribution in [2.75, 3.05) is 5.73 Å². The van der Waals surface area contributed by atoms with Crippen LogP contribution in [-0.2, 0) is 0 Å². The van der Waals surface area contributed by atoms with E-state index >= 15 is 0 Å². The maximum Gasteiger partial charge on any atom is 0.112 e. The molecule has 2 rings (SSSR count). The second kappa shape index (κ2) is 2.49. The topological polar surface area (TPSA) is 54.7 Å². The van der Waals surface area contributed by atoms with Crippen molar-refractivity contribution in [3.63, 3.8) is 0 Å². The molecule has 13 heavy (non-hydrogen) atoms. The number of imidazole rings is 1. The van der Waals surface area contributed by atoms with E-state index in [9.17, 15) is 0 Å². The van der Waals surface area contributed by atoms with Crippen LogP contribution in [0.15, 0.2) is 6.07 Å². The van der Waals surface area contributed by atoms with Crippen LogP contribution in [0.1, 0.15) is 17.0 Å². The van der Waals surface area contributed by atoms with Crippen molar-refractivity contribution in [3.05, 3.63) is 23.0 Å². The quantitative estimate of drug-likeness (QED) is 0.602. The highest BCUT2D eigenvalue weighted by atomic mass is 14.9. The van der Waals surface area contributed by atoms with Gasteiger partial charge in [0.1, 0.15) is 11.3 Å². The Morgan fingerprint density at radius 2 is 2.00 bits per heavy atom. The predicted molar refractivity (Wildman–Crippen MR) is 54.7 cm³/mol. The fourth-order valence-electron chi connectivity index (χ4n) is 1.53. The predicted octanol–water partition coefficient (Wildman–Crippen LogP) is 2.07. The number of benzene rings is 1. The van der Waals surface area contributed by atoms with Crippen molar-refractivity contribution in [3.8, 4) is 0 Å². The van der Waals surface area contributed by atoms with Crippen molar-refractivity contribution >= 4 is 16.7 Å². The van der Waals surface area contributed by atoms with Crippen LogP contribution >= 0.6 is 0 Å². The van der Waals surface area contributed by atoms with Gasteiger partial charge in [0.2, 0.25) is 0 Å². The molecule has 1 aromatic carbocycles. The van der Waals surface area contributed by atoms with E-state index in [0.717, 1.165) is 28.1 Å². The Hall–Kier alpha value is -1.51. The third-order valence-corrected chi connectivity index (χ3v) is 2.46. The molecule has 0 fully saturated rings. The van der Waals surface area contributed by atoms with Crippen LogP contribution in [0, 0.1) is 20.8 Å². The van der Waals surface area contributed by atoms with Crippen LogP contribution in [0.25, 0.3) is 11.0 Å². The second-order valence-corrected chi connectivity index (χ2v) is 3.45. The highest BCUT2D eigenvalue weighted by Crippen LogP contribution is 2.25. The number of hydrogen-bond donors (Lipinski definition) is 2. The van der Waals surface area contributed by atoms with Gasteiger partial charge in [0.05, 0.1) is 11.2 Å². The van der Waals surface area contributed by atoms with Crippen molar-refractivity contribution < 1.29 is 0 Å². The normalized spacial score (nSPS) is 11.0. The van der Waals surface area contributed by atoms with Crippen molar-refractivity contribution in [1.29, 1.82) is 0 Å². The summed E-state index contributed by atoms with van der Waals surface area (Å²) < 4.78 is 0. The standard InChI is InChI=1S/C10H13N3/c1-5-4-8-10(9(11)6(5)2)13-7(3)12-8/h4H,11H2,1-3H3,(H,12,13). The molecule has 0 radical (unpaired) electrons. The van der Waals surface area contributed by atoms with E-state index in [-0.39, 0.29) is 0 Å². The number of nitrogens with one attached hydrogen (secondary N) is 1. The number of fused-ring (bicyclic) bond motifs is 1. The van der Waals surface area contributed by atoms with Crippen LogP contribution in [0.5, 0.6) is 0 Å². The summed E-state index contributed by atoms with van der Waals surface area (Å²) in [6.07, 6.45) is 0. The first-order valence-electron chi connectivity index (χ1n) is 4.31. The lowest BCUT2D eigenvalue weighted by atomic mass is 10.1. The Labute approximate surface area is 77.0 Å². The second-order valence-electron chi connectivity index (χ2n) is 3.45. The van der Waals surface area contributed by atoms with Crippen LogP contribution in [0.2, 0.25) is 0 Å². The lowest BCUT2D eigenvalue weighted by molar-refractivity contribution is 1.17. The number of nitrogens with two attached hydrogens (primary N) is 1. The number of anilines is 1. The van der Waals surface area contributed by atoms with Gasteiger partial charge in [-0.1, -0.05) is 0 Å². The molecule has 0 aliphatic heterocycles. The molecule has 0 spiro atoms. The fourth-order valence-corrected chi connectivity index (χ4v) is 1.53. The first-order chi connectivity index (χ1) is 6.09. The zero-order valence-electron chi connectivity index (χ0n) is 8.10. The van der Waals surface area contributed by atoms with E-state index in [1.807, 2.05) is 13.8 Å². The van der Waals surface area contributed by atoms with E-state index in [4.69, 9.17) is 5.73 Å². The zero-order chi connectivity index (χ0) is 9.59. The number of aromatic amines is 1. The number of aromatic nitrogens is 2. The lowest BCUT2D eigenvalue weighted by Crippen LogP contribution is -1.93.